The van der Waals surface area contributed by atoms with Gasteiger partial charge in [-0.25, -0.2) is 15.0 Å². The minimum Gasteiger partial charge on any atom is -0.456 e. The van der Waals surface area contributed by atoms with Crippen molar-refractivity contribution in [3.8, 4) is 56.4 Å². The number of thiophene rings is 1. The highest BCUT2D eigenvalue weighted by Crippen LogP contribution is 2.49. The molecule has 7 aromatic carbocycles. The van der Waals surface area contributed by atoms with Crippen molar-refractivity contribution in [2.75, 3.05) is 0 Å². The highest BCUT2D eigenvalue weighted by molar-refractivity contribution is 7.25. The summed E-state index contributed by atoms with van der Waals surface area (Å²) in [6, 6.07) is 53.5. The van der Waals surface area contributed by atoms with Gasteiger partial charge in [-0.05, 0) is 69.8 Å². The molecule has 4 nitrogen and oxygen atoms in total. The molecule has 0 amide bonds. The maximum Gasteiger partial charge on any atom is 0.164 e. The first kappa shape index (κ1) is 30.2. The molecule has 0 radical (unpaired) electrons. The summed E-state index contributed by atoms with van der Waals surface area (Å²) < 4.78 is 8.99. The maximum atomic E-state index is 6.54. The number of rotatable bonds is 4. The highest BCUT2D eigenvalue weighted by Gasteiger charge is 2.35. The highest BCUT2D eigenvalue weighted by atomic mass is 32.1. The van der Waals surface area contributed by atoms with Gasteiger partial charge in [-0.15, -0.1) is 11.3 Å². The Kier molecular flexibility index (Phi) is 6.43. The molecule has 250 valence electrons. The molecule has 3 heterocycles. The van der Waals surface area contributed by atoms with E-state index in [1.807, 2.05) is 12.1 Å². The molecule has 1 aliphatic carbocycles. The van der Waals surface area contributed by atoms with Gasteiger partial charge in [0.05, 0.1) is 0 Å². The number of nitrogens with zero attached hydrogens (tertiary/aromatic N) is 3. The van der Waals surface area contributed by atoms with Gasteiger partial charge in [0.1, 0.15) is 11.2 Å². The van der Waals surface area contributed by atoms with Crippen LogP contribution < -0.4 is 0 Å². The number of hydrogen-bond donors (Lipinski definition) is 0. The van der Waals surface area contributed by atoms with Crippen LogP contribution in [0.25, 0.3) is 98.5 Å². The Morgan fingerprint density at radius 2 is 1.09 bits per heavy atom. The van der Waals surface area contributed by atoms with E-state index in [1.165, 1.54) is 42.4 Å². The molecule has 0 N–H and O–H groups in total. The average Bonchev–Trinajstić information content (AvgIpc) is 3.85. The van der Waals surface area contributed by atoms with E-state index >= 15 is 0 Å². The van der Waals surface area contributed by atoms with Crippen molar-refractivity contribution >= 4 is 53.4 Å². The van der Waals surface area contributed by atoms with Crippen molar-refractivity contribution in [2.45, 2.75) is 19.3 Å². The summed E-state index contributed by atoms with van der Waals surface area (Å²) in [7, 11) is 0. The first-order chi connectivity index (χ1) is 26.0. The van der Waals surface area contributed by atoms with Crippen LogP contribution in [0.4, 0.5) is 0 Å². The molecule has 0 unspecified atom stereocenters. The molecular formula is C48H31N3OS. The van der Waals surface area contributed by atoms with Crippen molar-refractivity contribution < 1.29 is 4.42 Å². The zero-order chi connectivity index (χ0) is 35.3. The SMILES string of the molecule is CC1(C)c2ccccc2-c2cc(-c3nc(-c4ccc5c(c4)oc4cccc(-c6ccccc6)c45)nc(-c4cccc5sc6ccccc6c45)n3)ccc21. The minimum absolute atomic E-state index is 0.0854. The fourth-order valence-corrected chi connectivity index (χ4v) is 9.53. The second-order valence-electron chi connectivity index (χ2n) is 14.4. The molecular weight excluding hydrogens is 667 g/mol. The Morgan fingerprint density at radius 3 is 1.98 bits per heavy atom. The van der Waals surface area contributed by atoms with Crippen molar-refractivity contribution in [2.24, 2.45) is 0 Å². The fourth-order valence-electron chi connectivity index (χ4n) is 8.40. The van der Waals surface area contributed by atoms with Crippen molar-refractivity contribution in [1.29, 1.82) is 0 Å². The van der Waals surface area contributed by atoms with Gasteiger partial charge in [0.2, 0.25) is 0 Å². The fraction of sp³-hybridized carbons (Fsp3) is 0.0625. The molecule has 0 bridgehead atoms. The lowest BCUT2D eigenvalue weighted by atomic mass is 9.82. The smallest absolute Gasteiger partial charge is 0.164 e. The van der Waals surface area contributed by atoms with Gasteiger partial charge < -0.3 is 4.42 Å². The lowest BCUT2D eigenvalue weighted by Crippen LogP contribution is -2.14. The van der Waals surface area contributed by atoms with E-state index in [1.54, 1.807) is 11.3 Å². The van der Waals surface area contributed by atoms with Crippen LogP contribution in [-0.4, -0.2) is 15.0 Å². The summed E-state index contributed by atoms with van der Waals surface area (Å²) in [6.07, 6.45) is 0. The molecule has 1 aliphatic rings. The molecule has 0 saturated carbocycles. The quantitative estimate of drug-likeness (QED) is 0.184. The molecule has 10 aromatic rings. The van der Waals surface area contributed by atoms with Crippen LogP contribution in [0.2, 0.25) is 0 Å². The van der Waals surface area contributed by atoms with Gasteiger partial charge in [0.15, 0.2) is 17.5 Å². The third kappa shape index (κ3) is 4.57. The second-order valence-corrected chi connectivity index (χ2v) is 15.5. The number of hydrogen-bond acceptors (Lipinski definition) is 5. The minimum atomic E-state index is -0.0854. The van der Waals surface area contributed by atoms with Gasteiger partial charge in [-0.1, -0.05) is 129 Å². The Hall–Kier alpha value is -6.43. The Labute approximate surface area is 310 Å². The summed E-state index contributed by atoms with van der Waals surface area (Å²) in [6.45, 7) is 4.61. The monoisotopic (exact) mass is 697 g/mol. The van der Waals surface area contributed by atoms with E-state index in [2.05, 4.69) is 153 Å². The zero-order valence-electron chi connectivity index (χ0n) is 29.1. The van der Waals surface area contributed by atoms with E-state index < -0.39 is 0 Å². The van der Waals surface area contributed by atoms with Gasteiger partial charge in [-0.2, -0.15) is 0 Å². The number of fused-ring (bicyclic) bond motifs is 9. The number of aromatic nitrogens is 3. The van der Waals surface area contributed by atoms with Crippen molar-refractivity contribution in [1.82, 2.24) is 15.0 Å². The molecule has 5 heteroatoms. The normalized spacial score (nSPS) is 13.2. The Bertz CT molecular complexity index is 3100. The van der Waals surface area contributed by atoms with Gasteiger partial charge in [0.25, 0.3) is 0 Å². The van der Waals surface area contributed by atoms with E-state index in [9.17, 15) is 0 Å². The van der Waals surface area contributed by atoms with Crippen LogP contribution in [0, 0.1) is 0 Å². The summed E-state index contributed by atoms with van der Waals surface area (Å²) in [5.74, 6) is 1.90. The third-order valence-electron chi connectivity index (χ3n) is 11.0. The molecule has 0 spiro atoms. The molecule has 11 rings (SSSR count). The van der Waals surface area contributed by atoms with E-state index in [-0.39, 0.29) is 5.41 Å². The second kappa shape index (κ2) is 11.3. The van der Waals surface area contributed by atoms with Gasteiger partial charge in [-0.3, -0.25) is 0 Å². The van der Waals surface area contributed by atoms with E-state index in [0.717, 1.165) is 49.8 Å². The number of furan rings is 1. The summed E-state index contributed by atoms with van der Waals surface area (Å²) in [5, 5.41) is 4.55. The van der Waals surface area contributed by atoms with Crippen molar-refractivity contribution in [3.05, 3.63) is 163 Å². The lowest BCUT2D eigenvalue weighted by molar-refractivity contribution is 0.660. The van der Waals surface area contributed by atoms with Crippen molar-refractivity contribution in [3.63, 3.8) is 0 Å². The van der Waals surface area contributed by atoms with Crippen LogP contribution in [-0.2, 0) is 5.41 Å². The Balaban J connectivity index is 1.13. The van der Waals surface area contributed by atoms with Crippen LogP contribution in [0.15, 0.2) is 156 Å². The molecule has 3 aromatic heterocycles. The molecule has 0 aliphatic heterocycles. The van der Waals surface area contributed by atoms with Gasteiger partial charge >= 0.3 is 0 Å². The van der Waals surface area contributed by atoms with E-state index in [4.69, 9.17) is 19.4 Å². The van der Waals surface area contributed by atoms with Crippen LogP contribution in [0.5, 0.6) is 0 Å². The number of benzene rings is 7. The first-order valence-electron chi connectivity index (χ1n) is 17.9. The third-order valence-corrected chi connectivity index (χ3v) is 12.1. The van der Waals surface area contributed by atoms with Crippen LogP contribution in [0.3, 0.4) is 0 Å². The summed E-state index contributed by atoms with van der Waals surface area (Å²) in [5.41, 5.74) is 11.9. The average molecular weight is 698 g/mol. The molecule has 53 heavy (non-hydrogen) atoms. The first-order valence-corrected chi connectivity index (χ1v) is 18.8. The topological polar surface area (TPSA) is 51.8 Å². The molecule has 0 fully saturated rings. The summed E-state index contributed by atoms with van der Waals surface area (Å²) >= 11 is 1.80. The summed E-state index contributed by atoms with van der Waals surface area (Å²) in [4.78, 5) is 15.7. The predicted molar refractivity (Wildman–Crippen MR) is 219 cm³/mol. The molecule has 0 atom stereocenters. The van der Waals surface area contributed by atoms with Crippen LogP contribution >= 0.6 is 11.3 Å². The van der Waals surface area contributed by atoms with Crippen LogP contribution in [0.1, 0.15) is 25.0 Å². The standard InChI is InChI=1S/C48H31N3OS/c1-48(2)37-18-8-6-14-32(37)36-26-29(23-25-38(36)48)45-49-46(51-47(50-45)35-17-11-21-42-44(35)34-15-7-9-20-41(34)53-42)30-22-24-33-40(27-30)52-39-19-10-16-31(43(33)39)28-12-4-3-5-13-28/h3-27H,1-2H3. The lowest BCUT2D eigenvalue weighted by Gasteiger charge is -2.21. The maximum absolute atomic E-state index is 6.54. The predicted octanol–water partition coefficient (Wildman–Crippen LogP) is 13.1. The van der Waals surface area contributed by atoms with E-state index in [0.29, 0.717) is 17.5 Å². The van der Waals surface area contributed by atoms with Gasteiger partial charge in [0, 0.05) is 53.1 Å². The zero-order valence-corrected chi connectivity index (χ0v) is 29.9. The molecule has 0 saturated heterocycles. The largest absolute Gasteiger partial charge is 0.456 e. The Morgan fingerprint density at radius 1 is 0.434 bits per heavy atom.